The van der Waals surface area contributed by atoms with E-state index in [0.29, 0.717) is 14.7 Å². The first-order valence-electron chi connectivity index (χ1n) is 3.53. The number of ether oxygens (including phenoxy) is 2. The van der Waals surface area contributed by atoms with Crippen LogP contribution in [0.3, 0.4) is 0 Å². The third kappa shape index (κ3) is 2.57. The van der Waals surface area contributed by atoms with Gasteiger partial charge in [-0.3, -0.25) is 0 Å². The second kappa shape index (κ2) is 4.93. The Bertz CT molecular complexity index is 331. The van der Waals surface area contributed by atoms with E-state index < -0.39 is 6.61 Å². The van der Waals surface area contributed by atoms with Gasteiger partial charge in [-0.2, -0.15) is 8.78 Å². The largest absolute Gasteiger partial charge is 0.494 e. The molecule has 0 fully saturated rings. The summed E-state index contributed by atoms with van der Waals surface area (Å²) in [4.78, 5) is 0. The Labute approximate surface area is 96.5 Å². The van der Waals surface area contributed by atoms with Gasteiger partial charge in [0.1, 0.15) is 10.2 Å². The van der Waals surface area contributed by atoms with Gasteiger partial charge in [0.2, 0.25) is 0 Å². The summed E-state index contributed by atoms with van der Waals surface area (Å²) < 4.78 is 34.1. The summed E-state index contributed by atoms with van der Waals surface area (Å²) in [6.07, 6.45) is 0. The molecule has 0 heterocycles. The number of benzene rings is 1. The second-order valence-electron chi connectivity index (χ2n) is 2.27. The minimum Gasteiger partial charge on any atom is -0.494 e. The predicted molar refractivity (Wildman–Crippen MR) is 55.0 cm³/mol. The predicted octanol–water partition coefficient (Wildman–Crippen LogP) is 3.82. The van der Waals surface area contributed by atoms with Gasteiger partial charge in [-0.25, -0.2) is 0 Å². The molecule has 1 aromatic carbocycles. The lowest BCUT2D eigenvalue weighted by Gasteiger charge is -2.11. The van der Waals surface area contributed by atoms with Gasteiger partial charge in [-0.1, -0.05) is 0 Å². The lowest BCUT2D eigenvalue weighted by molar-refractivity contribution is -0.0504. The van der Waals surface area contributed by atoms with Crippen molar-refractivity contribution in [3.63, 3.8) is 0 Å². The standard InChI is InChI=1S/C8H6Br2F2O2/c1-13-7-4(9)2-3-5(6(7)10)14-8(11)12/h2-3,8H,1H3. The molecule has 14 heavy (non-hydrogen) atoms. The van der Waals surface area contributed by atoms with Crippen molar-refractivity contribution in [1.82, 2.24) is 0 Å². The van der Waals surface area contributed by atoms with Crippen molar-refractivity contribution in [3.05, 3.63) is 21.1 Å². The summed E-state index contributed by atoms with van der Waals surface area (Å²) in [7, 11) is 1.44. The zero-order chi connectivity index (χ0) is 10.7. The van der Waals surface area contributed by atoms with Gasteiger partial charge in [0.15, 0.2) is 5.75 Å². The lowest BCUT2D eigenvalue weighted by atomic mass is 10.3. The van der Waals surface area contributed by atoms with E-state index in [1.807, 2.05) is 0 Å². The lowest BCUT2D eigenvalue weighted by Crippen LogP contribution is -2.03. The Hall–Kier alpha value is -0.360. The highest BCUT2D eigenvalue weighted by atomic mass is 79.9. The maximum absolute atomic E-state index is 11.9. The van der Waals surface area contributed by atoms with E-state index in [0.717, 1.165) is 0 Å². The number of hydrogen-bond donors (Lipinski definition) is 0. The van der Waals surface area contributed by atoms with Gasteiger partial charge < -0.3 is 9.47 Å². The third-order valence-corrected chi connectivity index (χ3v) is 2.81. The smallest absolute Gasteiger partial charge is 0.387 e. The fourth-order valence-corrected chi connectivity index (χ4v) is 2.25. The molecule has 6 heteroatoms. The topological polar surface area (TPSA) is 18.5 Å². The van der Waals surface area contributed by atoms with Gasteiger partial charge in [0, 0.05) is 0 Å². The summed E-state index contributed by atoms with van der Waals surface area (Å²) >= 11 is 6.32. The van der Waals surface area contributed by atoms with E-state index in [2.05, 4.69) is 36.6 Å². The van der Waals surface area contributed by atoms with Crippen LogP contribution in [0.4, 0.5) is 8.78 Å². The van der Waals surface area contributed by atoms with Gasteiger partial charge >= 0.3 is 6.61 Å². The molecule has 0 aliphatic rings. The highest BCUT2D eigenvalue weighted by molar-refractivity contribution is 9.11. The maximum Gasteiger partial charge on any atom is 0.387 e. The van der Waals surface area contributed by atoms with E-state index in [1.54, 1.807) is 6.07 Å². The molecule has 0 aromatic heterocycles. The van der Waals surface area contributed by atoms with E-state index in [9.17, 15) is 8.78 Å². The summed E-state index contributed by atoms with van der Waals surface area (Å²) in [5, 5.41) is 0. The van der Waals surface area contributed by atoms with Crippen LogP contribution < -0.4 is 9.47 Å². The van der Waals surface area contributed by atoms with Crippen molar-refractivity contribution in [1.29, 1.82) is 0 Å². The highest BCUT2D eigenvalue weighted by Gasteiger charge is 2.14. The number of methoxy groups -OCH3 is 1. The average Bonchev–Trinajstić information content (AvgIpc) is 2.10. The molecule has 78 valence electrons. The number of halogens is 4. The molecule has 0 radical (unpaired) electrons. The normalized spacial score (nSPS) is 10.4. The Morgan fingerprint density at radius 3 is 2.43 bits per heavy atom. The molecule has 0 spiro atoms. The molecule has 0 saturated heterocycles. The SMILES string of the molecule is COc1c(Br)ccc(OC(F)F)c1Br. The minimum absolute atomic E-state index is 0.0417. The van der Waals surface area contributed by atoms with Crippen LogP contribution in [0, 0.1) is 0 Å². The van der Waals surface area contributed by atoms with Gasteiger partial charge in [-0.15, -0.1) is 0 Å². The van der Waals surface area contributed by atoms with Crippen LogP contribution in [0.1, 0.15) is 0 Å². The third-order valence-electron chi connectivity index (χ3n) is 1.43. The molecular formula is C8H6Br2F2O2. The zero-order valence-corrected chi connectivity index (χ0v) is 10.2. The molecule has 0 aliphatic heterocycles. The minimum atomic E-state index is -2.85. The number of rotatable bonds is 3. The fourth-order valence-electron chi connectivity index (χ4n) is 0.889. The van der Waals surface area contributed by atoms with Crippen LogP contribution in [-0.4, -0.2) is 13.7 Å². The van der Waals surface area contributed by atoms with Crippen LogP contribution in [0.15, 0.2) is 21.1 Å². The van der Waals surface area contributed by atoms with Crippen molar-refractivity contribution in [3.8, 4) is 11.5 Å². The molecule has 1 aromatic rings. The van der Waals surface area contributed by atoms with Crippen molar-refractivity contribution in [2.45, 2.75) is 6.61 Å². The first kappa shape index (κ1) is 11.7. The summed E-state index contributed by atoms with van der Waals surface area (Å²) in [6.45, 7) is -2.85. The van der Waals surface area contributed by atoms with E-state index in [4.69, 9.17) is 4.74 Å². The highest BCUT2D eigenvalue weighted by Crippen LogP contribution is 2.40. The maximum atomic E-state index is 11.9. The average molecular weight is 332 g/mol. The molecule has 2 nitrogen and oxygen atoms in total. The molecule has 0 aliphatic carbocycles. The molecule has 0 saturated carbocycles. The monoisotopic (exact) mass is 330 g/mol. The van der Waals surface area contributed by atoms with Gasteiger partial charge in [-0.05, 0) is 44.0 Å². The first-order chi connectivity index (χ1) is 6.56. The van der Waals surface area contributed by atoms with Crippen LogP contribution in [0.2, 0.25) is 0 Å². The molecular weight excluding hydrogens is 326 g/mol. The Morgan fingerprint density at radius 2 is 1.93 bits per heavy atom. The van der Waals surface area contributed by atoms with Crippen LogP contribution in [0.25, 0.3) is 0 Å². The van der Waals surface area contributed by atoms with Crippen molar-refractivity contribution in [2.75, 3.05) is 7.11 Å². The molecule has 0 amide bonds. The summed E-state index contributed by atoms with van der Waals surface area (Å²) in [5.74, 6) is 0.461. The number of alkyl halides is 2. The zero-order valence-electron chi connectivity index (χ0n) is 7.06. The van der Waals surface area contributed by atoms with Crippen molar-refractivity contribution in [2.24, 2.45) is 0 Å². The molecule has 0 unspecified atom stereocenters. The van der Waals surface area contributed by atoms with E-state index in [-0.39, 0.29) is 5.75 Å². The molecule has 0 atom stereocenters. The Balaban J connectivity index is 3.08. The van der Waals surface area contributed by atoms with Gasteiger partial charge in [0.25, 0.3) is 0 Å². The summed E-state index contributed by atoms with van der Waals surface area (Å²) in [5.41, 5.74) is 0. The van der Waals surface area contributed by atoms with Crippen LogP contribution in [0.5, 0.6) is 11.5 Å². The second-order valence-corrected chi connectivity index (χ2v) is 3.92. The first-order valence-corrected chi connectivity index (χ1v) is 5.11. The molecule has 0 bridgehead atoms. The van der Waals surface area contributed by atoms with Crippen LogP contribution >= 0.6 is 31.9 Å². The molecule has 1 rings (SSSR count). The van der Waals surface area contributed by atoms with Crippen molar-refractivity contribution >= 4 is 31.9 Å². The Kier molecular flexibility index (Phi) is 4.12. The van der Waals surface area contributed by atoms with Crippen molar-refractivity contribution < 1.29 is 18.3 Å². The van der Waals surface area contributed by atoms with E-state index >= 15 is 0 Å². The van der Waals surface area contributed by atoms with E-state index in [1.165, 1.54) is 13.2 Å². The fraction of sp³-hybridized carbons (Fsp3) is 0.250. The van der Waals surface area contributed by atoms with Gasteiger partial charge in [0.05, 0.1) is 11.6 Å². The number of hydrogen-bond acceptors (Lipinski definition) is 2. The molecule has 0 N–H and O–H groups in total. The summed E-state index contributed by atoms with van der Waals surface area (Å²) in [6, 6.07) is 2.99. The quantitative estimate of drug-likeness (QED) is 0.838. The van der Waals surface area contributed by atoms with Crippen LogP contribution in [-0.2, 0) is 0 Å². The Morgan fingerprint density at radius 1 is 1.29 bits per heavy atom.